The van der Waals surface area contributed by atoms with Crippen LogP contribution in [0.25, 0.3) is 0 Å². The highest BCUT2D eigenvalue weighted by molar-refractivity contribution is 4.70. The standard InChI is InChI=1S/C5H11NO.C3H8/c1-5(2)6-3-4-7-5;1-3-2/h6H,3-4H2,1-2H3;3H2,1-2H3. The second-order valence-electron chi connectivity index (χ2n) is 2.99. The van der Waals surface area contributed by atoms with Gasteiger partial charge in [-0.1, -0.05) is 20.3 Å². The van der Waals surface area contributed by atoms with E-state index in [2.05, 4.69) is 19.2 Å². The first-order valence-electron chi connectivity index (χ1n) is 4.01. The topological polar surface area (TPSA) is 21.3 Å². The molecule has 1 rings (SSSR count). The summed E-state index contributed by atoms with van der Waals surface area (Å²) in [7, 11) is 0. The lowest BCUT2D eigenvalue weighted by Crippen LogP contribution is -2.33. The molecule has 62 valence electrons. The van der Waals surface area contributed by atoms with E-state index in [-0.39, 0.29) is 5.72 Å². The van der Waals surface area contributed by atoms with Gasteiger partial charge in [-0.05, 0) is 13.8 Å². The van der Waals surface area contributed by atoms with E-state index in [1.54, 1.807) is 0 Å². The Morgan fingerprint density at radius 3 is 2.00 bits per heavy atom. The molecule has 1 fully saturated rings. The third kappa shape index (κ3) is 4.77. The predicted molar refractivity (Wildman–Crippen MR) is 44.0 cm³/mol. The van der Waals surface area contributed by atoms with E-state index >= 15 is 0 Å². The SMILES string of the molecule is CC1(C)NCCO1.CCC. The summed E-state index contributed by atoms with van der Waals surface area (Å²) in [6.45, 7) is 10.2. The van der Waals surface area contributed by atoms with E-state index in [9.17, 15) is 0 Å². The van der Waals surface area contributed by atoms with Crippen LogP contribution in [0.15, 0.2) is 0 Å². The summed E-state index contributed by atoms with van der Waals surface area (Å²) in [4.78, 5) is 0. The molecule has 1 aliphatic rings. The van der Waals surface area contributed by atoms with Gasteiger partial charge in [-0.2, -0.15) is 0 Å². The lowest BCUT2D eigenvalue weighted by Gasteiger charge is -2.15. The average Bonchev–Trinajstić information content (AvgIpc) is 2.16. The zero-order valence-corrected chi connectivity index (χ0v) is 7.53. The zero-order valence-electron chi connectivity index (χ0n) is 7.53. The number of hydrogen-bond donors (Lipinski definition) is 1. The van der Waals surface area contributed by atoms with Crippen molar-refractivity contribution in [2.45, 2.75) is 39.8 Å². The van der Waals surface area contributed by atoms with Crippen LogP contribution in [0.3, 0.4) is 0 Å². The first kappa shape index (κ1) is 9.92. The monoisotopic (exact) mass is 145 g/mol. The molecule has 0 aromatic rings. The molecule has 2 heteroatoms. The molecule has 0 atom stereocenters. The van der Waals surface area contributed by atoms with Crippen molar-refractivity contribution >= 4 is 0 Å². The fourth-order valence-electron chi connectivity index (χ4n) is 0.709. The number of nitrogens with one attached hydrogen (secondary N) is 1. The maximum Gasteiger partial charge on any atom is 0.113 e. The highest BCUT2D eigenvalue weighted by Gasteiger charge is 2.21. The molecule has 0 aromatic heterocycles. The first-order chi connectivity index (χ1) is 4.62. The number of ether oxygens (including phenoxy) is 1. The smallest absolute Gasteiger partial charge is 0.113 e. The van der Waals surface area contributed by atoms with Gasteiger partial charge in [0.2, 0.25) is 0 Å². The maximum absolute atomic E-state index is 5.23. The number of hydrogen-bond acceptors (Lipinski definition) is 2. The minimum absolute atomic E-state index is 0.0556. The predicted octanol–water partition coefficient (Wildman–Crippen LogP) is 1.76. The Morgan fingerprint density at radius 2 is 1.90 bits per heavy atom. The fraction of sp³-hybridized carbons (Fsp3) is 1.00. The number of rotatable bonds is 0. The summed E-state index contributed by atoms with van der Waals surface area (Å²) in [6.07, 6.45) is 1.25. The third-order valence-electron chi connectivity index (χ3n) is 1.12. The van der Waals surface area contributed by atoms with Gasteiger partial charge in [0.25, 0.3) is 0 Å². The van der Waals surface area contributed by atoms with Crippen molar-refractivity contribution in [1.29, 1.82) is 0 Å². The Morgan fingerprint density at radius 1 is 1.40 bits per heavy atom. The Balaban J connectivity index is 0.000000236. The van der Waals surface area contributed by atoms with Gasteiger partial charge in [-0.25, -0.2) is 0 Å². The van der Waals surface area contributed by atoms with Crippen LogP contribution < -0.4 is 5.32 Å². The molecule has 2 nitrogen and oxygen atoms in total. The molecule has 0 bridgehead atoms. The molecule has 1 aliphatic heterocycles. The minimum Gasteiger partial charge on any atom is -0.360 e. The Labute approximate surface area is 64.0 Å². The van der Waals surface area contributed by atoms with Crippen molar-refractivity contribution in [3.8, 4) is 0 Å². The maximum atomic E-state index is 5.23. The second-order valence-corrected chi connectivity index (χ2v) is 2.99. The van der Waals surface area contributed by atoms with Crippen LogP contribution in [0.4, 0.5) is 0 Å². The average molecular weight is 145 g/mol. The molecule has 0 saturated carbocycles. The van der Waals surface area contributed by atoms with E-state index in [4.69, 9.17) is 4.74 Å². The quantitative estimate of drug-likeness (QED) is 0.561. The zero-order chi connectivity index (χ0) is 8.04. The highest BCUT2D eigenvalue weighted by Crippen LogP contribution is 2.07. The molecule has 1 N–H and O–H groups in total. The van der Waals surface area contributed by atoms with Crippen LogP contribution in [-0.4, -0.2) is 18.9 Å². The molecule has 1 heterocycles. The normalized spacial score (nSPS) is 21.6. The van der Waals surface area contributed by atoms with Crippen molar-refractivity contribution in [3.05, 3.63) is 0 Å². The van der Waals surface area contributed by atoms with Gasteiger partial charge < -0.3 is 4.74 Å². The Kier molecular flexibility index (Phi) is 4.65. The van der Waals surface area contributed by atoms with Gasteiger partial charge in [0.1, 0.15) is 5.72 Å². The van der Waals surface area contributed by atoms with Crippen LogP contribution in [0.1, 0.15) is 34.1 Å². The van der Waals surface area contributed by atoms with Gasteiger partial charge in [0.05, 0.1) is 6.61 Å². The lowest BCUT2D eigenvalue weighted by molar-refractivity contribution is 0.0233. The van der Waals surface area contributed by atoms with Crippen molar-refractivity contribution in [2.75, 3.05) is 13.2 Å². The largest absolute Gasteiger partial charge is 0.360 e. The van der Waals surface area contributed by atoms with Crippen LogP contribution in [-0.2, 0) is 4.74 Å². The minimum atomic E-state index is -0.0556. The summed E-state index contributed by atoms with van der Waals surface area (Å²) in [5, 5.41) is 3.17. The van der Waals surface area contributed by atoms with Crippen LogP contribution in [0.2, 0.25) is 0 Å². The van der Waals surface area contributed by atoms with Crippen molar-refractivity contribution in [2.24, 2.45) is 0 Å². The van der Waals surface area contributed by atoms with E-state index in [1.807, 2.05) is 13.8 Å². The van der Waals surface area contributed by atoms with E-state index in [1.165, 1.54) is 6.42 Å². The molecule has 10 heavy (non-hydrogen) atoms. The van der Waals surface area contributed by atoms with E-state index in [0.29, 0.717) is 0 Å². The van der Waals surface area contributed by atoms with Crippen LogP contribution >= 0.6 is 0 Å². The van der Waals surface area contributed by atoms with Crippen molar-refractivity contribution in [3.63, 3.8) is 0 Å². The van der Waals surface area contributed by atoms with E-state index < -0.39 is 0 Å². The van der Waals surface area contributed by atoms with Gasteiger partial charge >= 0.3 is 0 Å². The summed E-state index contributed by atoms with van der Waals surface area (Å²) < 4.78 is 5.23. The molecular weight excluding hydrogens is 126 g/mol. The van der Waals surface area contributed by atoms with Crippen LogP contribution in [0, 0.1) is 0 Å². The first-order valence-corrected chi connectivity index (χ1v) is 4.01. The third-order valence-corrected chi connectivity index (χ3v) is 1.12. The fourth-order valence-corrected chi connectivity index (χ4v) is 0.709. The highest BCUT2D eigenvalue weighted by atomic mass is 16.5. The summed E-state index contributed by atoms with van der Waals surface area (Å²) in [6, 6.07) is 0. The van der Waals surface area contributed by atoms with Crippen molar-refractivity contribution in [1.82, 2.24) is 5.32 Å². The van der Waals surface area contributed by atoms with Crippen LogP contribution in [0.5, 0.6) is 0 Å². The van der Waals surface area contributed by atoms with Gasteiger partial charge in [-0.3, -0.25) is 5.32 Å². The molecule has 0 radical (unpaired) electrons. The molecule has 0 spiro atoms. The summed E-state index contributed by atoms with van der Waals surface area (Å²) in [5.41, 5.74) is -0.0556. The molecular formula is C8H19NO. The van der Waals surface area contributed by atoms with Gasteiger partial charge in [-0.15, -0.1) is 0 Å². The summed E-state index contributed by atoms with van der Waals surface area (Å²) in [5.74, 6) is 0. The molecule has 0 aliphatic carbocycles. The summed E-state index contributed by atoms with van der Waals surface area (Å²) >= 11 is 0. The van der Waals surface area contributed by atoms with Crippen molar-refractivity contribution < 1.29 is 4.74 Å². The lowest BCUT2D eigenvalue weighted by atomic mass is 10.3. The second kappa shape index (κ2) is 4.69. The Hall–Kier alpha value is -0.0800. The molecule has 0 amide bonds. The van der Waals surface area contributed by atoms with E-state index in [0.717, 1.165) is 13.2 Å². The van der Waals surface area contributed by atoms with Gasteiger partial charge in [0.15, 0.2) is 0 Å². The van der Waals surface area contributed by atoms with Gasteiger partial charge in [0, 0.05) is 6.54 Å². The Bertz CT molecular complexity index is 73.3. The molecule has 1 saturated heterocycles. The molecule has 0 unspecified atom stereocenters. The molecule has 0 aromatic carbocycles.